The zero-order valence-electron chi connectivity index (χ0n) is 11.7. The van der Waals surface area contributed by atoms with E-state index in [1.807, 2.05) is 39.8 Å². The van der Waals surface area contributed by atoms with Crippen LogP contribution in [0.2, 0.25) is 0 Å². The highest BCUT2D eigenvalue weighted by atomic mass is 16.6. The molecule has 1 atom stereocenters. The zero-order valence-corrected chi connectivity index (χ0v) is 11.7. The van der Waals surface area contributed by atoms with Gasteiger partial charge in [-0.15, -0.1) is 0 Å². The van der Waals surface area contributed by atoms with Crippen molar-refractivity contribution < 1.29 is 9.53 Å². The highest BCUT2D eigenvalue weighted by Gasteiger charge is 2.18. The van der Waals surface area contributed by atoms with Gasteiger partial charge in [-0.2, -0.15) is 0 Å². The lowest BCUT2D eigenvalue weighted by molar-refractivity contribution is -0.155. The van der Waals surface area contributed by atoms with Crippen molar-refractivity contribution in [2.24, 2.45) is 5.73 Å². The number of aryl methyl sites for hydroxylation is 1. The molecule has 0 spiro atoms. The summed E-state index contributed by atoms with van der Waals surface area (Å²) in [6, 6.07) is 8.00. The number of esters is 1. The average Bonchev–Trinajstić information content (AvgIpc) is 2.18. The van der Waals surface area contributed by atoms with Gasteiger partial charge >= 0.3 is 5.97 Å². The van der Waals surface area contributed by atoms with Crippen LogP contribution in [0, 0.1) is 6.92 Å². The average molecular weight is 249 g/mol. The summed E-state index contributed by atoms with van der Waals surface area (Å²) in [6.07, 6.45) is 0.949. The normalized spacial score (nSPS) is 13.2. The highest BCUT2D eigenvalue weighted by molar-refractivity contribution is 5.70. The molecule has 3 nitrogen and oxygen atoms in total. The summed E-state index contributed by atoms with van der Waals surface area (Å²) in [5.41, 5.74) is 7.89. The van der Waals surface area contributed by atoms with Crippen LogP contribution in [0.25, 0.3) is 0 Å². The topological polar surface area (TPSA) is 52.3 Å². The molecule has 0 aliphatic heterocycles. The third-order valence-electron chi connectivity index (χ3n) is 2.47. The first-order chi connectivity index (χ1) is 8.26. The maximum absolute atomic E-state index is 11.6. The summed E-state index contributed by atoms with van der Waals surface area (Å²) in [5.74, 6) is -0.234. The standard InChI is InChI=1S/C15H23NO2/c1-11-5-7-12(8-6-11)9-13(16)10-14(17)18-15(2,3)4/h5-8,13H,9-10,16H2,1-4H3/t13-/m0/s1. The molecule has 0 heterocycles. The van der Waals surface area contributed by atoms with Crippen LogP contribution in [0.1, 0.15) is 38.3 Å². The van der Waals surface area contributed by atoms with E-state index in [0.717, 1.165) is 5.56 Å². The Hall–Kier alpha value is -1.35. The molecule has 2 N–H and O–H groups in total. The molecule has 0 aliphatic rings. The maximum Gasteiger partial charge on any atom is 0.307 e. The summed E-state index contributed by atoms with van der Waals surface area (Å²) in [6.45, 7) is 7.62. The Bertz CT molecular complexity index is 390. The van der Waals surface area contributed by atoms with Crippen molar-refractivity contribution >= 4 is 5.97 Å². The second kappa shape index (κ2) is 6.01. The largest absolute Gasteiger partial charge is 0.460 e. The number of hydrogen-bond donors (Lipinski definition) is 1. The first kappa shape index (κ1) is 14.7. The molecule has 0 aliphatic carbocycles. The van der Waals surface area contributed by atoms with Crippen molar-refractivity contribution in [3.63, 3.8) is 0 Å². The third-order valence-corrected chi connectivity index (χ3v) is 2.47. The van der Waals surface area contributed by atoms with Crippen LogP contribution in [-0.4, -0.2) is 17.6 Å². The van der Waals surface area contributed by atoms with Gasteiger partial charge in [0.15, 0.2) is 0 Å². The SMILES string of the molecule is Cc1ccc(C[C@H](N)CC(=O)OC(C)(C)C)cc1. The van der Waals surface area contributed by atoms with E-state index in [1.165, 1.54) is 5.56 Å². The molecule has 100 valence electrons. The highest BCUT2D eigenvalue weighted by Crippen LogP contribution is 2.11. The van der Waals surface area contributed by atoms with Crippen molar-refractivity contribution in [2.75, 3.05) is 0 Å². The van der Waals surface area contributed by atoms with E-state index < -0.39 is 5.60 Å². The fraction of sp³-hybridized carbons (Fsp3) is 0.533. The number of rotatable bonds is 4. The molecule has 0 saturated carbocycles. The van der Waals surface area contributed by atoms with Crippen molar-refractivity contribution in [2.45, 2.75) is 52.2 Å². The molecule has 3 heteroatoms. The Labute approximate surface area is 109 Å². The van der Waals surface area contributed by atoms with Crippen molar-refractivity contribution in [1.82, 2.24) is 0 Å². The van der Waals surface area contributed by atoms with Crippen molar-refractivity contribution in [3.05, 3.63) is 35.4 Å². The summed E-state index contributed by atoms with van der Waals surface area (Å²) < 4.78 is 5.25. The number of benzene rings is 1. The Morgan fingerprint density at radius 2 is 1.83 bits per heavy atom. The van der Waals surface area contributed by atoms with E-state index in [1.54, 1.807) is 0 Å². The number of carbonyl (C=O) groups excluding carboxylic acids is 1. The van der Waals surface area contributed by atoms with Gasteiger partial charge in [0.1, 0.15) is 5.60 Å². The van der Waals surface area contributed by atoms with Crippen LogP contribution < -0.4 is 5.73 Å². The van der Waals surface area contributed by atoms with E-state index in [-0.39, 0.29) is 18.4 Å². The van der Waals surface area contributed by atoms with Crippen LogP contribution in [0.4, 0.5) is 0 Å². The Morgan fingerprint density at radius 3 is 2.33 bits per heavy atom. The second-order valence-electron chi connectivity index (χ2n) is 5.74. The van der Waals surface area contributed by atoms with Gasteiger partial charge < -0.3 is 10.5 Å². The monoisotopic (exact) mass is 249 g/mol. The predicted octanol–water partition coefficient (Wildman–Crippen LogP) is 2.60. The lowest BCUT2D eigenvalue weighted by Crippen LogP contribution is -2.31. The van der Waals surface area contributed by atoms with E-state index in [2.05, 4.69) is 12.1 Å². The zero-order chi connectivity index (χ0) is 13.8. The quantitative estimate of drug-likeness (QED) is 0.834. The molecular formula is C15H23NO2. The third kappa shape index (κ3) is 5.82. The first-order valence-corrected chi connectivity index (χ1v) is 6.29. The minimum absolute atomic E-state index is 0.192. The molecule has 0 radical (unpaired) electrons. The van der Waals surface area contributed by atoms with Crippen LogP contribution in [-0.2, 0) is 16.0 Å². The van der Waals surface area contributed by atoms with Crippen LogP contribution in [0.5, 0.6) is 0 Å². The summed E-state index contributed by atoms with van der Waals surface area (Å²) in [7, 11) is 0. The summed E-state index contributed by atoms with van der Waals surface area (Å²) in [4.78, 5) is 11.6. The molecule has 1 aromatic rings. The van der Waals surface area contributed by atoms with Crippen molar-refractivity contribution in [1.29, 1.82) is 0 Å². The van der Waals surface area contributed by atoms with E-state index in [4.69, 9.17) is 10.5 Å². The molecule has 1 rings (SSSR count). The van der Waals surface area contributed by atoms with Crippen LogP contribution in [0.3, 0.4) is 0 Å². The van der Waals surface area contributed by atoms with Gasteiger partial charge in [0, 0.05) is 6.04 Å². The van der Waals surface area contributed by atoms with Crippen LogP contribution >= 0.6 is 0 Å². The molecule has 0 unspecified atom stereocenters. The van der Waals surface area contributed by atoms with Gasteiger partial charge in [-0.05, 0) is 39.7 Å². The Morgan fingerprint density at radius 1 is 1.28 bits per heavy atom. The lowest BCUT2D eigenvalue weighted by atomic mass is 10.0. The van der Waals surface area contributed by atoms with Gasteiger partial charge in [0.25, 0.3) is 0 Å². The molecule has 0 bridgehead atoms. The first-order valence-electron chi connectivity index (χ1n) is 6.29. The van der Waals surface area contributed by atoms with Gasteiger partial charge in [0.05, 0.1) is 6.42 Å². The van der Waals surface area contributed by atoms with E-state index >= 15 is 0 Å². The molecule has 0 saturated heterocycles. The second-order valence-corrected chi connectivity index (χ2v) is 5.74. The molecule has 0 aromatic heterocycles. The number of nitrogens with two attached hydrogens (primary N) is 1. The molecular weight excluding hydrogens is 226 g/mol. The smallest absolute Gasteiger partial charge is 0.307 e. The number of hydrogen-bond acceptors (Lipinski definition) is 3. The van der Waals surface area contributed by atoms with Crippen molar-refractivity contribution in [3.8, 4) is 0 Å². The summed E-state index contributed by atoms with van der Waals surface area (Å²) in [5, 5.41) is 0. The van der Waals surface area contributed by atoms with Gasteiger partial charge in [-0.3, -0.25) is 4.79 Å². The Kier molecular flexibility index (Phi) is 4.91. The lowest BCUT2D eigenvalue weighted by Gasteiger charge is -2.21. The van der Waals surface area contributed by atoms with Gasteiger partial charge in [0.2, 0.25) is 0 Å². The fourth-order valence-corrected chi connectivity index (χ4v) is 1.70. The number of carbonyl (C=O) groups is 1. The van der Waals surface area contributed by atoms with E-state index in [9.17, 15) is 4.79 Å². The fourth-order valence-electron chi connectivity index (χ4n) is 1.70. The molecule has 18 heavy (non-hydrogen) atoms. The molecule has 0 amide bonds. The molecule has 0 fully saturated rings. The van der Waals surface area contributed by atoms with E-state index in [0.29, 0.717) is 6.42 Å². The minimum atomic E-state index is -0.444. The number of ether oxygens (including phenoxy) is 1. The predicted molar refractivity (Wildman–Crippen MR) is 73.3 cm³/mol. The van der Waals surface area contributed by atoms with Crippen LogP contribution in [0.15, 0.2) is 24.3 Å². The van der Waals surface area contributed by atoms with Gasteiger partial charge in [-0.1, -0.05) is 29.8 Å². The van der Waals surface area contributed by atoms with Gasteiger partial charge in [-0.25, -0.2) is 0 Å². The maximum atomic E-state index is 11.6. The molecule has 1 aromatic carbocycles. The minimum Gasteiger partial charge on any atom is -0.460 e. The Balaban J connectivity index is 2.44. The summed E-state index contributed by atoms with van der Waals surface area (Å²) >= 11 is 0.